The number of benzene rings is 1. The van der Waals surface area contributed by atoms with Gasteiger partial charge in [0.2, 0.25) is 0 Å². The zero-order valence-electron chi connectivity index (χ0n) is 8.03. The Bertz CT molecular complexity index is 355. The Labute approximate surface area is 96.1 Å². The molecule has 0 aromatic heterocycles. The number of carboxylic acid groups (broad SMARTS) is 1. The SMILES string of the molecule is O=C(O)c1c(Br)cccc1NCCCO. The van der Waals surface area contributed by atoms with Crippen LogP contribution in [0.25, 0.3) is 0 Å². The highest BCUT2D eigenvalue weighted by atomic mass is 79.9. The number of halogens is 1. The second kappa shape index (κ2) is 5.72. The largest absolute Gasteiger partial charge is 0.478 e. The number of nitrogens with one attached hydrogen (secondary N) is 1. The Hall–Kier alpha value is -1.07. The fraction of sp³-hybridized carbons (Fsp3) is 0.300. The van der Waals surface area contributed by atoms with E-state index < -0.39 is 5.97 Å². The summed E-state index contributed by atoms with van der Waals surface area (Å²) in [5, 5.41) is 20.6. The van der Waals surface area contributed by atoms with Gasteiger partial charge in [-0.05, 0) is 34.5 Å². The molecule has 0 atom stereocenters. The van der Waals surface area contributed by atoms with Crippen molar-refractivity contribution in [3.8, 4) is 0 Å². The van der Waals surface area contributed by atoms with Gasteiger partial charge in [-0.15, -0.1) is 0 Å². The summed E-state index contributed by atoms with van der Waals surface area (Å²) in [7, 11) is 0. The van der Waals surface area contributed by atoms with Crippen LogP contribution in [0.1, 0.15) is 16.8 Å². The molecular formula is C10H12BrNO3. The molecule has 0 unspecified atom stereocenters. The van der Waals surface area contributed by atoms with Crippen LogP contribution in [-0.4, -0.2) is 29.3 Å². The summed E-state index contributed by atoms with van der Waals surface area (Å²) in [5.41, 5.74) is 0.778. The van der Waals surface area contributed by atoms with Gasteiger partial charge in [-0.1, -0.05) is 6.07 Å². The van der Waals surface area contributed by atoms with E-state index in [2.05, 4.69) is 21.2 Å². The number of aliphatic hydroxyl groups excluding tert-OH is 1. The number of aromatic carboxylic acids is 1. The van der Waals surface area contributed by atoms with Crippen molar-refractivity contribution in [3.05, 3.63) is 28.2 Å². The van der Waals surface area contributed by atoms with Gasteiger partial charge in [-0.3, -0.25) is 0 Å². The molecule has 4 nitrogen and oxygen atoms in total. The first-order valence-corrected chi connectivity index (χ1v) is 5.32. The highest BCUT2D eigenvalue weighted by Gasteiger charge is 2.12. The normalized spacial score (nSPS) is 10.0. The van der Waals surface area contributed by atoms with Gasteiger partial charge < -0.3 is 15.5 Å². The lowest BCUT2D eigenvalue weighted by Gasteiger charge is -2.09. The Kier molecular flexibility index (Phi) is 4.58. The quantitative estimate of drug-likeness (QED) is 0.718. The number of anilines is 1. The molecule has 3 N–H and O–H groups in total. The van der Waals surface area contributed by atoms with Gasteiger partial charge in [0.15, 0.2) is 0 Å². The van der Waals surface area contributed by atoms with Crippen LogP contribution in [0.2, 0.25) is 0 Å². The average Bonchev–Trinajstić information content (AvgIpc) is 2.17. The van der Waals surface area contributed by atoms with Crippen LogP contribution in [0.3, 0.4) is 0 Å². The molecule has 5 heteroatoms. The van der Waals surface area contributed by atoms with Crippen LogP contribution in [-0.2, 0) is 0 Å². The topological polar surface area (TPSA) is 69.6 Å². The van der Waals surface area contributed by atoms with Gasteiger partial charge in [-0.2, -0.15) is 0 Å². The van der Waals surface area contributed by atoms with Crippen molar-refractivity contribution in [3.63, 3.8) is 0 Å². The van der Waals surface area contributed by atoms with Crippen LogP contribution in [0, 0.1) is 0 Å². The van der Waals surface area contributed by atoms with E-state index in [4.69, 9.17) is 10.2 Å². The fourth-order valence-corrected chi connectivity index (χ4v) is 1.73. The summed E-state index contributed by atoms with van der Waals surface area (Å²) < 4.78 is 0.545. The van der Waals surface area contributed by atoms with E-state index in [-0.39, 0.29) is 12.2 Å². The summed E-state index contributed by atoms with van der Waals surface area (Å²) >= 11 is 3.19. The number of rotatable bonds is 5. The van der Waals surface area contributed by atoms with E-state index >= 15 is 0 Å². The molecule has 0 fully saturated rings. The number of aliphatic hydroxyl groups is 1. The standard InChI is InChI=1S/C10H12BrNO3/c11-7-3-1-4-8(9(7)10(14)15)12-5-2-6-13/h1,3-4,12-13H,2,5-6H2,(H,14,15). The summed E-state index contributed by atoms with van der Waals surface area (Å²) in [6.07, 6.45) is 0.589. The lowest BCUT2D eigenvalue weighted by molar-refractivity contribution is 0.0697. The Morgan fingerprint density at radius 1 is 1.47 bits per heavy atom. The zero-order chi connectivity index (χ0) is 11.3. The molecule has 1 aromatic rings. The van der Waals surface area contributed by atoms with Gasteiger partial charge in [0.25, 0.3) is 0 Å². The second-order valence-corrected chi connectivity index (χ2v) is 3.83. The minimum absolute atomic E-state index is 0.0867. The number of hydrogen-bond donors (Lipinski definition) is 3. The molecule has 15 heavy (non-hydrogen) atoms. The lowest BCUT2D eigenvalue weighted by atomic mass is 10.2. The summed E-state index contributed by atoms with van der Waals surface area (Å²) in [6.45, 7) is 0.636. The van der Waals surface area contributed by atoms with E-state index in [1.54, 1.807) is 18.2 Å². The van der Waals surface area contributed by atoms with Crippen LogP contribution < -0.4 is 5.32 Å². The van der Waals surface area contributed by atoms with Gasteiger partial charge in [-0.25, -0.2) is 4.79 Å². The predicted octanol–water partition coefficient (Wildman–Crippen LogP) is 1.94. The van der Waals surface area contributed by atoms with Crippen molar-refractivity contribution < 1.29 is 15.0 Å². The van der Waals surface area contributed by atoms with Crippen LogP contribution in [0.4, 0.5) is 5.69 Å². The lowest BCUT2D eigenvalue weighted by Crippen LogP contribution is -2.09. The van der Waals surface area contributed by atoms with E-state index in [0.717, 1.165) is 0 Å². The van der Waals surface area contributed by atoms with Crippen LogP contribution in [0.5, 0.6) is 0 Å². The molecule has 82 valence electrons. The highest BCUT2D eigenvalue weighted by molar-refractivity contribution is 9.10. The third-order valence-electron chi connectivity index (χ3n) is 1.88. The molecule has 0 saturated carbocycles. The van der Waals surface area contributed by atoms with Crippen LogP contribution in [0.15, 0.2) is 22.7 Å². The van der Waals surface area contributed by atoms with Gasteiger partial charge in [0.1, 0.15) is 0 Å². The van der Waals surface area contributed by atoms with E-state index in [1.807, 2.05) is 0 Å². The van der Waals surface area contributed by atoms with Crippen molar-refractivity contribution in [2.45, 2.75) is 6.42 Å². The Balaban J connectivity index is 2.86. The van der Waals surface area contributed by atoms with Gasteiger partial charge in [0.05, 0.1) is 5.56 Å². The summed E-state index contributed by atoms with van der Waals surface area (Å²) in [6, 6.07) is 5.14. The smallest absolute Gasteiger partial charge is 0.338 e. The molecule has 0 radical (unpaired) electrons. The Morgan fingerprint density at radius 3 is 2.80 bits per heavy atom. The molecular weight excluding hydrogens is 262 g/mol. The molecule has 0 saturated heterocycles. The van der Waals surface area contributed by atoms with E-state index in [1.165, 1.54) is 0 Å². The van der Waals surface area contributed by atoms with Gasteiger partial charge >= 0.3 is 5.97 Å². The van der Waals surface area contributed by atoms with Crippen LogP contribution >= 0.6 is 15.9 Å². The highest BCUT2D eigenvalue weighted by Crippen LogP contribution is 2.24. The maximum absolute atomic E-state index is 11.0. The first kappa shape index (κ1) is 12.0. The van der Waals surface area contributed by atoms with Crippen molar-refractivity contribution in [1.82, 2.24) is 0 Å². The molecule has 0 bridgehead atoms. The first-order chi connectivity index (χ1) is 7.16. The average molecular weight is 274 g/mol. The molecule has 0 aliphatic carbocycles. The minimum atomic E-state index is -0.978. The maximum atomic E-state index is 11.0. The molecule has 0 spiro atoms. The molecule has 0 aliphatic heterocycles. The third-order valence-corrected chi connectivity index (χ3v) is 2.54. The van der Waals surface area contributed by atoms with E-state index in [9.17, 15) is 4.79 Å². The molecule has 0 amide bonds. The molecule has 0 heterocycles. The van der Waals surface area contributed by atoms with Gasteiger partial charge in [0, 0.05) is 23.3 Å². The summed E-state index contributed by atoms with van der Waals surface area (Å²) in [4.78, 5) is 11.0. The number of hydrogen-bond acceptors (Lipinski definition) is 3. The van der Waals surface area contributed by atoms with Crippen molar-refractivity contribution in [1.29, 1.82) is 0 Å². The summed E-state index contributed by atoms with van der Waals surface area (Å²) in [5.74, 6) is -0.978. The maximum Gasteiger partial charge on any atom is 0.338 e. The van der Waals surface area contributed by atoms with Crippen molar-refractivity contribution in [2.75, 3.05) is 18.5 Å². The second-order valence-electron chi connectivity index (χ2n) is 2.97. The minimum Gasteiger partial charge on any atom is -0.478 e. The zero-order valence-corrected chi connectivity index (χ0v) is 9.62. The number of carbonyl (C=O) groups is 1. The predicted molar refractivity (Wildman–Crippen MR) is 61.3 cm³/mol. The molecule has 1 rings (SSSR count). The van der Waals surface area contributed by atoms with Crippen molar-refractivity contribution in [2.24, 2.45) is 0 Å². The molecule has 0 aliphatic rings. The first-order valence-electron chi connectivity index (χ1n) is 4.53. The monoisotopic (exact) mass is 273 g/mol. The fourth-order valence-electron chi connectivity index (χ4n) is 1.19. The number of carboxylic acids is 1. The molecule has 1 aromatic carbocycles. The van der Waals surface area contributed by atoms with E-state index in [0.29, 0.717) is 23.1 Å². The third kappa shape index (κ3) is 3.21. The van der Waals surface area contributed by atoms with Crippen molar-refractivity contribution >= 4 is 27.6 Å². The Morgan fingerprint density at radius 2 is 2.20 bits per heavy atom.